The Hall–Kier alpha value is 0.140. The lowest BCUT2D eigenvalue weighted by Gasteiger charge is -2.25. The van der Waals surface area contributed by atoms with Crippen molar-refractivity contribution >= 4 is 15.9 Å². The van der Waals surface area contributed by atoms with Crippen molar-refractivity contribution in [1.29, 1.82) is 0 Å². The first-order chi connectivity index (χ1) is 4.79. The zero-order valence-corrected chi connectivity index (χ0v) is 7.56. The monoisotopic (exact) mass is 205 g/mol. The van der Waals surface area contributed by atoms with E-state index < -0.39 is 0 Å². The lowest BCUT2D eigenvalue weighted by atomic mass is 10.4. The molecule has 0 unspecified atom stereocenters. The first kappa shape index (κ1) is 8.24. The number of rotatable bonds is 2. The predicted molar refractivity (Wildman–Crippen MR) is 45.3 cm³/mol. The van der Waals surface area contributed by atoms with Crippen LogP contribution in [0.1, 0.15) is 0 Å². The zero-order chi connectivity index (χ0) is 7.40. The molecule has 0 aromatic heterocycles. The molecule has 2 nitrogen and oxygen atoms in total. The summed E-state index contributed by atoms with van der Waals surface area (Å²) in [5.41, 5.74) is 0. The number of ether oxygens (including phenoxy) is 1. The van der Waals surface area contributed by atoms with Gasteiger partial charge in [-0.25, -0.2) is 0 Å². The minimum atomic E-state index is 0.861. The molecule has 0 aromatic carbocycles. The molecular weight excluding hydrogens is 194 g/mol. The third-order valence-electron chi connectivity index (χ3n) is 1.50. The SMILES string of the molecule is C=C(Br)CN1CCOCC1. The Morgan fingerprint density at radius 1 is 1.50 bits per heavy atom. The van der Waals surface area contributed by atoms with E-state index in [9.17, 15) is 0 Å². The topological polar surface area (TPSA) is 12.5 Å². The molecule has 1 heterocycles. The molecular formula is C7H12BrNO. The number of nitrogens with zero attached hydrogens (tertiary/aromatic N) is 1. The van der Waals surface area contributed by atoms with E-state index in [1.807, 2.05) is 0 Å². The van der Waals surface area contributed by atoms with Gasteiger partial charge in [-0.1, -0.05) is 22.5 Å². The molecule has 58 valence electrons. The highest BCUT2D eigenvalue weighted by Gasteiger charge is 2.09. The molecule has 0 amide bonds. The highest BCUT2D eigenvalue weighted by molar-refractivity contribution is 9.11. The van der Waals surface area contributed by atoms with Crippen molar-refractivity contribution in [2.24, 2.45) is 0 Å². The zero-order valence-electron chi connectivity index (χ0n) is 5.98. The first-order valence-electron chi connectivity index (χ1n) is 3.42. The summed E-state index contributed by atoms with van der Waals surface area (Å²) >= 11 is 3.33. The molecule has 0 bridgehead atoms. The van der Waals surface area contributed by atoms with Gasteiger partial charge in [-0.3, -0.25) is 4.90 Å². The quantitative estimate of drug-likeness (QED) is 0.673. The van der Waals surface area contributed by atoms with Gasteiger partial charge in [-0.2, -0.15) is 0 Å². The molecule has 0 N–H and O–H groups in total. The normalized spacial score (nSPS) is 20.9. The standard InChI is InChI=1S/C7H12BrNO/c1-7(8)6-9-2-4-10-5-3-9/h1-6H2. The molecule has 0 radical (unpaired) electrons. The number of hydrogen-bond acceptors (Lipinski definition) is 2. The fourth-order valence-corrected chi connectivity index (χ4v) is 1.36. The van der Waals surface area contributed by atoms with Crippen LogP contribution in [0.4, 0.5) is 0 Å². The maximum absolute atomic E-state index is 5.19. The van der Waals surface area contributed by atoms with Crippen molar-refractivity contribution < 1.29 is 4.74 Å². The van der Waals surface area contributed by atoms with E-state index in [1.54, 1.807) is 0 Å². The molecule has 1 saturated heterocycles. The van der Waals surface area contributed by atoms with Crippen molar-refractivity contribution in [1.82, 2.24) is 4.90 Å². The second-order valence-corrected chi connectivity index (χ2v) is 3.53. The van der Waals surface area contributed by atoms with E-state index in [0.29, 0.717) is 0 Å². The Labute approximate surface area is 70.0 Å². The number of halogens is 1. The van der Waals surface area contributed by atoms with E-state index in [-0.39, 0.29) is 0 Å². The summed E-state index contributed by atoms with van der Waals surface area (Å²) in [5, 5.41) is 0. The summed E-state index contributed by atoms with van der Waals surface area (Å²) in [6.45, 7) is 8.52. The van der Waals surface area contributed by atoms with Crippen molar-refractivity contribution in [3.8, 4) is 0 Å². The molecule has 1 rings (SSSR count). The second-order valence-electron chi connectivity index (χ2n) is 2.41. The third kappa shape index (κ3) is 2.82. The molecule has 1 fully saturated rings. The summed E-state index contributed by atoms with van der Waals surface area (Å²) in [6.07, 6.45) is 0. The third-order valence-corrected chi connectivity index (χ3v) is 1.75. The molecule has 0 spiro atoms. The maximum Gasteiger partial charge on any atom is 0.0594 e. The van der Waals surface area contributed by atoms with E-state index in [0.717, 1.165) is 37.3 Å². The molecule has 0 saturated carbocycles. The second kappa shape index (κ2) is 4.11. The van der Waals surface area contributed by atoms with Gasteiger partial charge >= 0.3 is 0 Å². The highest BCUT2D eigenvalue weighted by atomic mass is 79.9. The Bertz CT molecular complexity index is 121. The summed E-state index contributed by atoms with van der Waals surface area (Å²) < 4.78 is 6.25. The van der Waals surface area contributed by atoms with Gasteiger partial charge in [-0.05, 0) is 0 Å². The van der Waals surface area contributed by atoms with Gasteiger partial charge < -0.3 is 4.74 Å². The summed E-state index contributed by atoms with van der Waals surface area (Å²) in [5.74, 6) is 0. The van der Waals surface area contributed by atoms with Crippen LogP contribution in [0.2, 0.25) is 0 Å². The molecule has 0 aliphatic carbocycles. The van der Waals surface area contributed by atoms with Gasteiger partial charge in [-0.15, -0.1) is 0 Å². The minimum absolute atomic E-state index is 0.861. The summed E-state index contributed by atoms with van der Waals surface area (Å²) in [6, 6.07) is 0. The van der Waals surface area contributed by atoms with Crippen LogP contribution in [0.25, 0.3) is 0 Å². The smallest absolute Gasteiger partial charge is 0.0594 e. The molecule has 0 aromatic rings. The van der Waals surface area contributed by atoms with Crippen molar-refractivity contribution in [2.45, 2.75) is 0 Å². The largest absolute Gasteiger partial charge is 0.379 e. The van der Waals surface area contributed by atoms with Crippen LogP contribution in [0.15, 0.2) is 11.1 Å². The Morgan fingerprint density at radius 3 is 2.60 bits per heavy atom. The van der Waals surface area contributed by atoms with Crippen molar-refractivity contribution in [3.63, 3.8) is 0 Å². The van der Waals surface area contributed by atoms with E-state index in [2.05, 4.69) is 27.4 Å². The number of hydrogen-bond donors (Lipinski definition) is 0. The number of morpholine rings is 1. The summed E-state index contributed by atoms with van der Waals surface area (Å²) in [4.78, 5) is 2.32. The highest BCUT2D eigenvalue weighted by Crippen LogP contribution is 2.05. The fourth-order valence-electron chi connectivity index (χ4n) is 1.00. The van der Waals surface area contributed by atoms with Crippen LogP contribution in [0.3, 0.4) is 0 Å². The van der Waals surface area contributed by atoms with Crippen LogP contribution < -0.4 is 0 Å². The van der Waals surface area contributed by atoms with Gasteiger partial charge in [0, 0.05) is 24.1 Å². The van der Waals surface area contributed by atoms with Gasteiger partial charge in [0.25, 0.3) is 0 Å². The Balaban J connectivity index is 2.19. The van der Waals surface area contributed by atoms with Gasteiger partial charge in [0.05, 0.1) is 13.2 Å². The Morgan fingerprint density at radius 2 is 2.10 bits per heavy atom. The molecule has 1 aliphatic rings. The Kier molecular flexibility index (Phi) is 3.39. The van der Waals surface area contributed by atoms with Crippen LogP contribution in [-0.4, -0.2) is 37.7 Å². The van der Waals surface area contributed by atoms with Gasteiger partial charge in [0.15, 0.2) is 0 Å². The molecule has 1 aliphatic heterocycles. The van der Waals surface area contributed by atoms with Crippen molar-refractivity contribution in [3.05, 3.63) is 11.1 Å². The van der Waals surface area contributed by atoms with Crippen LogP contribution in [0, 0.1) is 0 Å². The van der Waals surface area contributed by atoms with Crippen LogP contribution in [0.5, 0.6) is 0 Å². The van der Waals surface area contributed by atoms with Gasteiger partial charge in [0.2, 0.25) is 0 Å². The van der Waals surface area contributed by atoms with E-state index in [1.165, 1.54) is 0 Å². The lowest BCUT2D eigenvalue weighted by Crippen LogP contribution is -2.36. The summed E-state index contributed by atoms with van der Waals surface area (Å²) in [7, 11) is 0. The molecule has 0 atom stereocenters. The predicted octanol–water partition coefficient (Wildman–Crippen LogP) is 1.23. The minimum Gasteiger partial charge on any atom is -0.379 e. The molecule has 10 heavy (non-hydrogen) atoms. The fraction of sp³-hybridized carbons (Fsp3) is 0.714. The first-order valence-corrected chi connectivity index (χ1v) is 4.22. The maximum atomic E-state index is 5.19. The van der Waals surface area contributed by atoms with Crippen LogP contribution in [-0.2, 0) is 4.74 Å². The van der Waals surface area contributed by atoms with E-state index in [4.69, 9.17) is 4.74 Å². The van der Waals surface area contributed by atoms with Crippen LogP contribution >= 0.6 is 15.9 Å². The molecule has 3 heteroatoms. The average molecular weight is 206 g/mol. The lowest BCUT2D eigenvalue weighted by molar-refractivity contribution is 0.0432. The van der Waals surface area contributed by atoms with Crippen molar-refractivity contribution in [2.75, 3.05) is 32.8 Å². The van der Waals surface area contributed by atoms with E-state index >= 15 is 0 Å². The average Bonchev–Trinajstić information content (AvgIpc) is 1.88. The van der Waals surface area contributed by atoms with Gasteiger partial charge in [0.1, 0.15) is 0 Å².